The Morgan fingerprint density at radius 1 is 0.897 bits per heavy atom. The average molecular weight is 380 g/mol. The minimum atomic E-state index is -0.443. The third-order valence-electron chi connectivity index (χ3n) is 5.56. The van der Waals surface area contributed by atoms with E-state index in [1.807, 2.05) is 66.3 Å². The summed E-state index contributed by atoms with van der Waals surface area (Å²) in [6, 6.07) is 15.2. The van der Waals surface area contributed by atoms with E-state index in [9.17, 15) is 14.9 Å². The van der Waals surface area contributed by atoms with Crippen molar-refractivity contribution < 1.29 is 9.59 Å². The van der Waals surface area contributed by atoms with E-state index in [0.717, 1.165) is 16.3 Å². The van der Waals surface area contributed by atoms with Crippen molar-refractivity contribution in [2.75, 3.05) is 0 Å². The lowest BCUT2D eigenvalue weighted by atomic mass is 9.94. The minimum Gasteiger partial charge on any atom is -0.350 e. The molecule has 0 bridgehead atoms. The molecule has 0 unspecified atom stereocenters. The van der Waals surface area contributed by atoms with Crippen LogP contribution in [0.2, 0.25) is 0 Å². The van der Waals surface area contributed by atoms with Crippen molar-refractivity contribution in [3.63, 3.8) is 0 Å². The molecule has 0 fully saturated rings. The maximum Gasteiger partial charge on any atom is 0.259 e. The first-order chi connectivity index (χ1) is 14.0. The van der Waals surface area contributed by atoms with Crippen LogP contribution in [0.25, 0.3) is 33.0 Å². The molecule has 3 heterocycles. The van der Waals surface area contributed by atoms with Gasteiger partial charge >= 0.3 is 0 Å². The number of hydrogen-bond donors (Lipinski definition) is 1. The van der Waals surface area contributed by atoms with Gasteiger partial charge < -0.3 is 4.57 Å². The van der Waals surface area contributed by atoms with Crippen LogP contribution >= 0.6 is 0 Å². The van der Waals surface area contributed by atoms with Gasteiger partial charge in [0.25, 0.3) is 11.8 Å². The lowest BCUT2D eigenvalue weighted by Gasteiger charge is -2.05. The molecule has 1 aliphatic heterocycles. The maximum absolute atomic E-state index is 12.9. The number of carbonyl (C=O) groups is 2. The number of carbonyl (C=O) groups excluding carboxylic acids is 2. The highest BCUT2D eigenvalue weighted by Crippen LogP contribution is 2.40. The van der Waals surface area contributed by atoms with Crippen LogP contribution in [0, 0.1) is 18.4 Å². The smallest absolute Gasteiger partial charge is 0.259 e. The van der Waals surface area contributed by atoms with Crippen LogP contribution in [0.3, 0.4) is 0 Å². The summed E-state index contributed by atoms with van der Waals surface area (Å²) in [6.07, 6.45) is 4.04. The molecular formula is C23H16N4O2. The summed E-state index contributed by atoms with van der Waals surface area (Å²) in [5, 5.41) is 13.8. The van der Waals surface area contributed by atoms with Gasteiger partial charge in [-0.2, -0.15) is 5.26 Å². The van der Waals surface area contributed by atoms with Gasteiger partial charge in [0.2, 0.25) is 0 Å². The number of fused-ring (bicyclic) bond motifs is 2. The van der Waals surface area contributed by atoms with Gasteiger partial charge in [0.1, 0.15) is 0 Å². The molecule has 0 saturated heterocycles. The number of aryl methyl sites for hydroxylation is 1. The number of aromatic nitrogens is 2. The molecule has 1 aliphatic rings. The average Bonchev–Trinajstić information content (AvgIpc) is 3.30. The molecular weight excluding hydrogens is 364 g/mol. The molecule has 0 saturated carbocycles. The molecule has 6 heteroatoms. The number of rotatable bonds is 2. The molecule has 29 heavy (non-hydrogen) atoms. The van der Waals surface area contributed by atoms with Crippen LogP contribution in [-0.4, -0.2) is 20.9 Å². The molecule has 0 aliphatic carbocycles. The lowest BCUT2D eigenvalue weighted by Crippen LogP contribution is -2.22. The summed E-state index contributed by atoms with van der Waals surface area (Å²) in [5.41, 5.74) is 4.29. The van der Waals surface area contributed by atoms with E-state index in [0.29, 0.717) is 33.5 Å². The van der Waals surface area contributed by atoms with E-state index in [-0.39, 0.29) is 0 Å². The summed E-state index contributed by atoms with van der Waals surface area (Å²) in [5.74, 6) is -0.864. The molecule has 6 nitrogen and oxygen atoms in total. The van der Waals surface area contributed by atoms with E-state index >= 15 is 0 Å². The number of nitrogens with zero attached hydrogens (tertiary/aromatic N) is 3. The van der Waals surface area contributed by atoms with Gasteiger partial charge in [0.05, 0.1) is 16.7 Å². The van der Waals surface area contributed by atoms with Crippen molar-refractivity contribution in [3.8, 4) is 6.19 Å². The van der Waals surface area contributed by atoms with Gasteiger partial charge in [-0.1, -0.05) is 36.4 Å². The fraction of sp³-hybridized carbons (Fsp3) is 0.0870. The van der Waals surface area contributed by atoms with Crippen LogP contribution < -0.4 is 5.32 Å². The number of nitriles is 1. The first kappa shape index (κ1) is 17.0. The van der Waals surface area contributed by atoms with E-state index in [2.05, 4.69) is 11.5 Å². The monoisotopic (exact) mass is 380 g/mol. The third kappa shape index (κ3) is 2.21. The van der Waals surface area contributed by atoms with Crippen molar-refractivity contribution in [3.05, 3.63) is 71.5 Å². The predicted molar refractivity (Wildman–Crippen MR) is 111 cm³/mol. The molecule has 2 aromatic carbocycles. The molecule has 4 aromatic rings. The van der Waals surface area contributed by atoms with Crippen LogP contribution in [-0.2, 0) is 16.6 Å². The molecule has 0 spiro atoms. The summed E-state index contributed by atoms with van der Waals surface area (Å²) in [4.78, 5) is 25.8. The SMILES string of the molecule is Cc1c(C2=C(c3cn(C)c4ccccc34)C(=O)NC2=O)c2ccccc2n1C#N. The summed E-state index contributed by atoms with van der Waals surface area (Å²) >= 11 is 0. The Morgan fingerprint density at radius 2 is 1.52 bits per heavy atom. The van der Waals surface area contributed by atoms with Crippen LogP contribution in [0.4, 0.5) is 0 Å². The quantitative estimate of drug-likeness (QED) is 0.542. The van der Waals surface area contributed by atoms with Gasteiger partial charge in [-0.3, -0.25) is 19.5 Å². The zero-order valence-electron chi connectivity index (χ0n) is 15.9. The number of amides is 2. The number of para-hydroxylation sites is 2. The highest BCUT2D eigenvalue weighted by Gasteiger charge is 2.36. The van der Waals surface area contributed by atoms with Crippen molar-refractivity contribution in [1.29, 1.82) is 5.26 Å². The number of benzene rings is 2. The largest absolute Gasteiger partial charge is 0.350 e. The Labute approximate surface area is 166 Å². The minimum absolute atomic E-state index is 0.314. The standard InChI is InChI=1S/C23H16N4O2/c1-13-19(15-8-4-6-10-18(15)27(13)12-24)21-20(22(28)25-23(21)29)16-11-26(2)17-9-5-3-7-14(16)17/h3-11H,1-2H3,(H,25,28,29). The molecule has 5 rings (SSSR count). The summed E-state index contributed by atoms with van der Waals surface area (Å²) in [6.45, 7) is 1.79. The number of hydrogen-bond acceptors (Lipinski definition) is 3. The Balaban J connectivity index is 1.93. The van der Waals surface area contributed by atoms with E-state index in [1.54, 1.807) is 6.92 Å². The van der Waals surface area contributed by atoms with Gasteiger partial charge in [0.15, 0.2) is 6.19 Å². The predicted octanol–water partition coefficient (Wildman–Crippen LogP) is 3.34. The molecule has 2 amide bonds. The maximum atomic E-state index is 12.9. The van der Waals surface area contributed by atoms with Crippen molar-refractivity contribution >= 4 is 44.8 Å². The first-order valence-corrected chi connectivity index (χ1v) is 9.18. The van der Waals surface area contributed by atoms with E-state index in [4.69, 9.17) is 0 Å². The summed E-state index contributed by atoms with van der Waals surface area (Å²) in [7, 11) is 1.91. The first-order valence-electron chi connectivity index (χ1n) is 9.18. The Hall–Kier alpha value is -4.11. The third-order valence-corrected chi connectivity index (χ3v) is 5.56. The zero-order valence-corrected chi connectivity index (χ0v) is 15.9. The van der Waals surface area contributed by atoms with Gasteiger partial charge in [-0.05, 0) is 19.1 Å². The van der Waals surface area contributed by atoms with Crippen LogP contribution in [0.1, 0.15) is 16.8 Å². The summed E-state index contributed by atoms with van der Waals surface area (Å²) < 4.78 is 3.44. The zero-order chi connectivity index (χ0) is 20.3. The fourth-order valence-electron chi connectivity index (χ4n) is 4.30. The van der Waals surface area contributed by atoms with Gasteiger partial charge in [-0.15, -0.1) is 0 Å². The van der Waals surface area contributed by atoms with E-state index < -0.39 is 11.8 Å². The molecule has 2 aromatic heterocycles. The Kier molecular flexibility index (Phi) is 3.49. The van der Waals surface area contributed by atoms with Gasteiger partial charge in [-0.25, -0.2) is 0 Å². The highest BCUT2D eigenvalue weighted by atomic mass is 16.2. The van der Waals surface area contributed by atoms with Crippen LogP contribution in [0.5, 0.6) is 0 Å². The number of nitrogens with one attached hydrogen (secondary N) is 1. The molecule has 0 atom stereocenters. The molecule has 0 radical (unpaired) electrons. The Morgan fingerprint density at radius 3 is 2.24 bits per heavy atom. The van der Waals surface area contributed by atoms with Gasteiger partial charge in [0, 0.05) is 46.4 Å². The van der Waals surface area contributed by atoms with Crippen molar-refractivity contribution in [1.82, 2.24) is 14.5 Å². The van der Waals surface area contributed by atoms with E-state index in [1.165, 1.54) is 4.57 Å². The highest BCUT2D eigenvalue weighted by molar-refractivity contribution is 6.51. The number of imide groups is 1. The molecule has 140 valence electrons. The fourth-order valence-corrected chi connectivity index (χ4v) is 4.30. The second-order valence-electron chi connectivity index (χ2n) is 7.12. The lowest BCUT2D eigenvalue weighted by molar-refractivity contribution is -0.122. The van der Waals surface area contributed by atoms with Crippen molar-refractivity contribution in [2.45, 2.75) is 6.92 Å². The molecule has 1 N–H and O–H groups in total. The second kappa shape index (κ2) is 5.94. The Bertz CT molecular complexity index is 1440. The topological polar surface area (TPSA) is 79.8 Å². The second-order valence-corrected chi connectivity index (χ2v) is 7.12. The normalized spacial score (nSPS) is 14.1. The van der Waals surface area contributed by atoms with Crippen molar-refractivity contribution in [2.24, 2.45) is 7.05 Å². The van der Waals surface area contributed by atoms with Crippen LogP contribution in [0.15, 0.2) is 54.7 Å².